The molecule has 0 aliphatic carbocycles. The number of carbonyl (C=O) groups excluding carboxylic acids is 1. The Kier molecular flexibility index (Phi) is 6.09. The van der Waals surface area contributed by atoms with Crippen LogP contribution < -0.4 is 5.32 Å². The highest BCUT2D eigenvalue weighted by atomic mass is 16.6. The van der Waals surface area contributed by atoms with Crippen molar-refractivity contribution in [2.75, 3.05) is 6.54 Å². The third-order valence-corrected chi connectivity index (χ3v) is 3.59. The third-order valence-electron chi connectivity index (χ3n) is 3.59. The molecule has 0 spiro atoms. The zero-order chi connectivity index (χ0) is 18.7. The maximum Gasteiger partial charge on any atom is 0.407 e. The van der Waals surface area contributed by atoms with Gasteiger partial charge in [0.1, 0.15) is 5.60 Å². The highest BCUT2D eigenvalue weighted by Gasteiger charge is 2.24. The van der Waals surface area contributed by atoms with Crippen molar-refractivity contribution >= 4 is 12.1 Å². The van der Waals surface area contributed by atoms with E-state index in [-0.39, 0.29) is 5.41 Å². The van der Waals surface area contributed by atoms with Gasteiger partial charge in [-0.05, 0) is 40.2 Å². The molecule has 1 rings (SSSR count). The number of nitrogens with one attached hydrogen (secondary N) is 1. The maximum atomic E-state index is 11.6. The number of aromatic carboxylic acids is 1. The van der Waals surface area contributed by atoms with E-state index in [9.17, 15) is 14.7 Å². The second kappa shape index (κ2) is 7.28. The van der Waals surface area contributed by atoms with Gasteiger partial charge in [0, 0.05) is 29.9 Å². The molecular formula is C18H30N2O4. The standard InChI is InChI=1S/C18H30N2O4/c1-12-13(15(21)22)11-14(17(2,3)4)20(12)10-8-9-19-16(23)24-18(5,6)7/h11H,8-10H2,1-7H3,(H,19,23)(H,21,22). The molecule has 0 aromatic carbocycles. The van der Waals surface area contributed by atoms with Crippen LogP contribution in [0.3, 0.4) is 0 Å². The molecule has 6 nitrogen and oxygen atoms in total. The van der Waals surface area contributed by atoms with E-state index in [0.29, 0.717) is 25.1 Å². The molecule has 0 unspecified atom stereocenters. The number of alkyl carbamates (subject to hydrolysis) is 1. The van der Waals surface area contributed by atoms with Crippen molar-refractivity contribution in [3.63, 3.8) is 0 Å². The number of amides is 1. The maximum absolute atomic E-state index is 11.6. The summed E-state index contributed by atoms with van der Waals surface area (Å²) in [5.74, 6) is -0.913. The van der Waals surface area contributed by atoms with Crippen LogP contribution in [0, 0.1) is 6.92 Å². The van der Waals surface area contributed by atoms with Gasteiger partial charge in [-0.15, -0.1) is 0 Å². The van der Waals surface area contributed by atoms with Gasteiger partial charge >= 0.3 is 12.1 Å². The van der Waals surface area contributed by atoms with E-state index >= 15 is 0 Å². The third kappa shape index (κ3) is 5.58. The van der Waals surface area contributed by atoms with Crippen molar-refractivity contribution < 1.29 is 19.4 Å². The fourth-order valence-electron chi connectivity index (χ4n) is 2.51. The van der Waals surface area contributed by atoms with Crippen LogP contribution in [0.25, 0.3) is 0 Å². The fourth-order valence-corrected chi connectivity index (χ4v) is 2.51. The molecule has 0 radical (unpaired) electrons. The molecular weight excluding hydrogens is 308 g/mol. The smallest absolute Gasteiger partial charge is 0.407 e. The van der Waals surface area contributed by atoms with E-state index in [1.165, 1.54) is 0 Å². The van der Waals surface area contributed by atoms with Crippen molar-refractivity contribution in [3.8, 4) is 0 Å². The Morgan fingerprint density at radius 2 is 1.79 bits per heavy atom. The number of nitrogens with zero attached hydrogens (tertiary/aromatic N) is 1. The molecule has 1 amide bonds. The van der Waals surface area contributed by atoms with Crippen molar-refractivity contribution in [3.05, 3.63) is 23.0 Å². The zero-order valence-electron chi connectivity index (χ0n) is 15.8. The molecule has 0 bridgehead atoms. The molecule has 0 saturated heterocycles. The zero-order valence-corrected chi connectivity index (χ0v) is 15.8. The van der Waals surface area contributed by atoms with E-state index in [1.54, 1.807) is 6.07 Å². The summed E-state index contributed by atoms with van der Waals surface area (Å²) < 4.78 is 7.22. The first kappa shape index (κ1) is 20.1. The number of carboxylic acid groups (broad SMARTS) is 1. The molecule has 136 valence electrons. The van der Waals surface area contributed by atoms with E-state index in [0.717, 1.165) is 11.4 Å². The number of ether oxygens (including phenoxy) is 1. The van der Waals surface area contributed by atoms with Gasteiger partial charge in [-0.1, -0.05) is 20.8 Å². The first-order chi connectivity index (χ1) is 10.8. The average Bonchev–Trinajstić information content (AvgIpc) is 2.70. The van der Waals surface area contributed by atoms with Crippen LogP contribution in [0.2, 0.25) is 0 Å². The topological polar surface area (TPSA) is 80.6 Å². The van der Waals surface area contributed by atoms with Gasteiger partial charge in [0.15, 0.2) is 0 Å². The molecule has 0 aliphatic heterocycles. The quantitative estimate of drug-likeness (QED) is 0.802. The van der Waals surface area contributed by atoms with Crippen molar-refractivity contribution in [1.82, 2.24) is 9.88 Å². The predicted molar refractivity (Wildman–Crippen MR) is 93.7 cm³/mol. The first-order valence-corrected chi connectivity index (χ1v) is 8.23. The monoisotopic (exact) mass is 338 g/mol. The van der Waals surface area contributed by atoms with Crippen LogP contribution in [0.5, 0.6) is 0 Å². The molecule has 1 aromatic heterocycles. The van der Waals surface area contributed by atoms with Gasteiger partial charge in [0.2, 0.25) is 0 Å². The molecule has 1 aromatic rings. The lowest BCUT2D eigenvalue weighted by Crippen LogP contribution is -2.33. The van der Waals surface area contributed by atoms with Crippen LogP contribution in [0.1, 0.15) is 69.7 Å². The summed E-state index contributed by atoms with van der Waals surface area (Å²) >= 11 is 0. The summed E-state index contributed by atoms with van der Waals surface area (Å²) in [5, 5.41) is 12.1. The Morgan fingerprint density at radius 1 is 1.21 bits per heavy atom. The summed E-state index contributed by atoms with van der Waals surface area (Å²) in [6, 6.07) is 1.75. The van der Waals surface area contributed by atoms with Crippen LogP contribution >= 0.6 is 0 Å². The number of carbonyl (C=O) groups is 2. The van der Waals surface area contributed by atoms with E-state index < -0.39 is 17.7 Å². The molecule has 1 heterocycles. The number of aromatic nitrogens is 1. The SMILES string of the molecule is Cc1c(C(=O)O)cc(C(C)(C)C)n1CCCNC(=O)OC(C)(C)C. The summed E-state index contributed by atoms with van der Waals surface area (Å²) in [7, 11) is 0. The van der Waals surface area contributed by atoms with E-state index in [4.69, 9.17) is 4.74 Å². The number of rotatable bonds is 5. The van der Waals surface area contributed by atoms with Gasteiger partial charge in [-0.3, -0.25) is 0 Å². The lowest BCUT2D eigenvalue weighted by atomic mass is 9.92. The number of carboxylic acids is 1. The lowest BCUT2D eigenvalue weighted by molar-refractivity contribution is 0.0526. The Bertz CT molecular complexity index is 604. The van der Waals surface area contributed by atoms with Crippen LogP contribution in [0.15, 0.2) is 6.07 Å². The number of hydrogen-bond donors (Lipinski definition) is 2. The van der Waals surface area contributed by atoms with Crippen LogP contribution in [-0.2, 0) is 16.7 Å². The van der Waals surface area contributed by atoms with Gasteiger partial charge in [0.05, 0.1) is 5.56 Å². The molecule has 24 heavy (non-hydrogen) atoms. The Morgan fingerprint density at radius 3 is 2.25 bits per heavy atom. The first-order valence-electron chi connectivity index (χ1n) is 8.23. The van der Waals surface area contributed by atoms with Crippen molar-refractivity contribution in [2.45, 2.75) is 72.4 Å². The van der Waals surface area contributed by atoms with Crippen LogP contribution in [0.4, 0.5) is 4.79 Å². The molecule has 0 aliphatic rings. The minimum absolute atomic E-state index is 0.156. The largest absolute Gasteiger partial charge is 0.478 e. The van der Waals surface area contributed by atoms with Gasteiger partial charge in [0.25, 0.3) is 0 Å². The lowest BCUT2D eigenvalue weighted by Gasteiger charge is -2.23. The summed E-state index contributed by atoms with van der Waals surface area (Å²) in [6.07, 6.45) is 0.255. The molecule has 0 atom stereocenters. The average molecular weight is 338 g/mol. The fraction of sp³-hybridized carbons (Fsp3) is 0.667. The highest BCUT2D eigenvalue weighted by Crippen LogP contribution is 2.27. The summed E-state index contributed by atoms with van der Waals surface area (Å²) in [5.41, 5.74) is 1.38. The molecule has 2 N–H and O–H groups in total. The number of hydrogen-bond acceptors (Lipinski definition) is 3. The van der Waals surface area contributed by atoms with Crippen LogP contribution in [-0.4, -0.2) is 33.9 Å². The molecule has 6 heteroatoms. The van der Waals surface area contributed by atoms with Gasteiger partial charge < -0.3 is 19.7 Å². The Hall–Kier alpha value is -1.98. The van der Waals surface area contributed by atoms with Crippen molar-refractivity contribution in [1.29, 1.82) is 0 Å². The Labute approximate surface area is 144 Å². The molecule has 0 saturated carbocycles. The van der Waals surface area contributed by atoms with Gasteiger partial charge in [-0.2, -0.15) is 0 Å². The Balaban J connectivity index is 2.74. The second-order valence-electron chi connectivity index (χ2n) is 8.02. The summed E-state index contributed by atoms with van der Waals surface area (Å²) in [6.45, 7) is 14.6. The normalized spacial score (nSPS) is 12.1. The van der Waals surface area contributed by atoms with E-state index in [2.05, 4.69) is 26.1 Å². The minimum atomic E-state index is -0.913. The predicted octanol–water partition coefficient (Wildman–Crippen LogP) is 3.71. The van der Waals surface area contributed by atoms with Crippen molar-refractivity contribution in [2.24, 2.45) is 0 Å². The summed E-state index contributed by atoms with van der Waals surface area (Å²) in [4.78, 5) is 23.0. The highest BCUT2D eigenvalue weighted by molar-refractivity contribution is 5.89. The van der Waals surface area contributed by atoms with Gasteiger partial charge in [-0.25, -0.2) is 9.59 Å². The minimum Gasteiger partial charge on any atom is -0.478 e. The van der Waals surface area contributed by atoms with E-state index in [1.807, 2.05) is 32.3 Å². The second-order valence-corrected chi connectivity index (χ2v) is 8.02. The molecule has 0 fully saturated rings.